The minimum atomic E-state index is -1.22. The molecule has 0 spiro atoms. The largest absolute Gasteiger partial charge is 0.530 e. The van der Waals surface area contributed by atoms with Crippen molar-refractivity contribution in [2.24, 2.45) is 0 Å². The van der Waals surface area contributed by atoms with Crippen molar-refractivity contribution in [3.05, 3.63) is 36.0 Å². The first-order valence-electron chi connectivity index (χ1n) is 5.64. The summed E-state index contributed by atoms with van der Waals surface area (Å²) in [7, 11) is 0. The molecule has 2 rings (SSSR count). The summed E-state index contributed by atoms with van der Waals surface area (Å²) in [6, 6.07) is 9.81. The highest BCUT2D eigenvalue weighted by atomic mass is 32.1. The molecule has 0 aliphatic heterocycles. The molecule has 4 nitrogen and oxygen atoms in total. The Morgan fingerprint density at radius 2 is 2.06 bits per heavy atom. The van der Waals surface area contributed by atoms with Crippen LogP contribution in [0.2, 0.25) is 0 Å². The lowest BCUT2D eigenvalue weighted by Crippen LogP contribution is -2.41. The molecule has 18 heavy (non-hydrogen) atoms. The maximum Gasteiger partial charge on any atom is 0.191 e. The smallest absolute Gasteiger partial charge is 0.191 e. The lowest BCUT2D eigenvalue weighted by atomic mass is 10.2. The van der Waals surface area contributed by atoms with Gasteiger partial charge in [0.05, 0.1) is 10.6 Å². The number of amides is 1. The molecule has 0 aliphatic carbocycles. The van der Waals surface area contributed by atoms with Crippen molar-refractivity contribution >= 4 is 22.6 Å². The second kappa shape index (κ2) is 5.18. The molecule has 1 aromatic heterocycles. The number of carbonyl (C=O) groups is 1. The average molecular weight is 261 g/mol. The van der Waals surface area contributed by atoms with Gasteiger partial charge in [0.15, 0.2) is 5.13 Å². The van der Waals surface area contributed by atoms with E-state index < -0.39 is 6.09 Å². The molecule has 2 aromatic rings. The number of anilines is 1. The predicted molar refractivity (Wildman–Crippen MR) is 70.7 cm³/mol. The fourth-order valence-corrected chi connectivity index (χ4v) is 2.82. The molecule has 5 heteroatoms. The zero-order chi connectivity index (χ0) is 13.1. The third-order valence-corrected chi connectivity index (χ3v) is 3.82. The van der Waals surface area contributed by atoms with Crippen LogP contribution in [-0.2, 0) is 0 Å². The Bertz CT molecular complexity index is 551. The Morgan fingerprint density at radius 1 is 1.39 bits per heavy atom. The van der Waals surface area contributed by atoms with Gasteiger partial charge in [0.2, 0.25) is 0 Å². The van der Waals surface area contributed by atoms with Crippen molar-refractivity contribution in [2.75, 3.05) is 11.4 Å². The van der Waals surface area contributed by atoms with Crippen LogP contribution in [0.15, 0.2) is 30.3 Å². The number of aryl methyl sites for hydroxylation is 1. The van der Waals surface area contributed by atoms with E-state index in [1.54, 1.807) is 6.92 Å². The number of carboxylic acid groups (broad SMARTS) is 1. The highest BCUT2D eigenvalue weighted by molar-refractivity contribution is 7.19. The Kier molecular flexibility index (Phi) is 3.62. The van der Waals surface area contributed by atoms with Crippen molar-refractivity contribution in [3.63, 3.8) is 0 Å². The quantitative estimate of drug-likeness (QED) is 0.851. The van der Waals surface area contributed by atoms with Crippen LogP contribution < -0.4 is 10.0 Å². The molecule has 0 N–H and O–H groups in total. The summed E-state index contributed by atoms with van der Waals surface area (Å²) in [4.78, 5) is 17.4. The third-order valence-electron chi connectivity index (χ3n) is 2.59. The van der Waals surface area contributed by atoms with Crippen molar-refractivity contribution in [2.45, 2.75) is 13.8 Å². The Balaban J connectivity index is 2.41. The second-order valence-corrected chi connectivity index (χ2v) is 4.76. The zero-order valence-electron chi connectivity index (χ0n) is 10.2. The number of nitrogens with zero attached hydrogens (tertiary/aromatic N) is 2. The van der Waals surface area contributed by atoms with E-state index in [0.29, 0.717) is 11.7 Å². The van der Waals surface area contributed by atoms with Gasteiger partial charge in [-0.1, -0.05) is 41.7 Å². The molecular formula is C13H13N2O2S-. The minimum Gasteiger partial charge on any atom is -0.530 e. The highest BCUT2D eigenvalue weighted by Gasteiger charge is 2.14. The predicted octanol–water partition coefficient (Wildman–Crippen LogP) is 2.29. The van der Waals surface area contributed by atoms with Gasteiger partial charge < -0.3 is 14.8 Å². The normalized spacial score (nSPS) is 10.3. The fraction of sp³-hybridized carbons (Fsp3) is 0.231. The van der Waals surface area contributed by atoms with Gasteiger partial charge in [0.1, 0.15) is 6.09 Å². The van der Waals surface area contributed by atoms with Crippen molar-refractivity contribution < 1.29 is 9.90 Å². The number of hydrogen-bond donors (Lipinski definition) is 0. The highest BCUT2D eigenvalue weighted by Crippen LogP contribution is 2.34. The van der Waals surface area contributed by atoms with Gasteiger partial charge in [-0.15, -0.1) is 0 Å². The van der Waals surface area contributed by atoms with Crippen LogP contribution >= 0.6 is 11.3 Å². The molecule has 0 fully saturated rings. The molecule has 0 bridgehead atoms. The van der Waals surface area contributed by atoms with E-state index in [9.17, 15) is 9.90 Å². The van der Waals surface area contributed by atoms with Gasteiger partial charge in [-0.25, -0.2) is 4.98 Å². The Labute approximate surface area is 110 Å². The monoisotopic (exact) mass is 261 g/mol. The lowest BCUT2D eigenvalue weighted by Gasteiger charge is -2.19. The van der Waals surface area contributed by atoms with Crippen LogP contribution in [0.25, 0.3) is 10.4 Å². The molecular weight excluding hydrogens is 248 g/mol. The molecule has 0 saturated carbocycles. The molecule has 0 atom stereocenters. The van der Waals surface area contributed by atoms with E-state index in [-0.39, 0.29) is 0 Å². The van der Waals surface area contributed by atoms with Crippen LogP contribution in [0.1, 0.15) is 12.6 Å². The van der Waals surface area contributed by atoms with E-state index in [1.165, 1.54) is 11.3 Å². The number of rotatable bonds is 3. The van der Waals surface area contributed by atoms with Crippen molar-refractivity contribution in [1.82, 2.24) is 4.98 Å². The third kappa shape index (κ3) is 2.36. The number of carbonyl (C=O) groups excluding carboxylic acids is 1. The van der Waals surface area contributed by atoms with Crippen LogP contribution in [0, 0.1) is 6.92 Å². The van der Waals surface area contributed by atoms with Crippen molar-refractivity contribution in [1.29, 1.82) is 0 Å². The first-order valence-corrected chi connectivity index (χ1v) is 6.46. The average Bonchev–Trinajstić information content (AvgIpc) is 2.73. The van der Waals surface area contributed by atoms with E-state index in [2.05, 4.69) is 4.98 Å². The topological polar surface area (TPSA) is 56.3 Å². The summed E-state index contributed by atoms with van der Waals surface area (Å²) in [5.74, 6) is 0. The number of hydrogen-bond acceptors (Lipinski definition) is 4. The SMILES string of the molecule is CCN(C(=O)[O-])c1nc(C)c(-c2ccccc2)s1. The first-order chi connectivity index (χ1) is 8.63. The van der Waals surface area contributed by atoms with Gasteiger partial charge in [-0.3, -0.25) is 0 Å². The Morgan fingerprint density at radius 3 is 2.61 bits per heavy atom. The molecule has 94 valence electrons. The lowest BCUT2D eigenvalue weighted by molar-refractivity contribution is -0.246. The van der Waals surface area contributed by atoms with Crippen LogP contribution in [-0.4, -0.2) is 17.6 Å². The Hall–Kier alpha value is -1.88. The number of benzene rings is 1. The first kappa shape index (κ1) is 12.6. The van der Waals surface area contributed by atoms with Gasteiger partial charge in [-0.2, -0.15) is 0 Å². The summed E-state index contributed by atoms with van der Waals surface area (Å²) in [6.45, 7) is 3.98. The molecule has 0 saturated heterocycles. The van der Waals surface area contributed by atoms with Gasteiger partial charge in [0.25, 0.3) is 0 Å². The molecule has 0 radical (unpaired) electrons. The van der Waals surface area contributed by atoms with E-state index >= 15 is 0 Å². The van der Waals surface area contributed by atoms with Gasteiger partial charge in [0, 0.05) is 6.54 Å². The summed E-state index contributed by atoms with van der Waals surface area (Å²) in [6.07, 6.45) is -1.22. The maximum atomic E-state index is 11.0. The molecule has 1 amide bonds. The van der Waals surface area contributed by atoms with E-state index in [4.69, 9.17) is 0 Å². The summed E-state index contributed by atoms with van der Waals surface area (Å²) in [5.41, 5.74) is 1.88. The zero-order valence-corrected chi connectivity index (χ0v) is 11.0. The molecule has 0 aliphatic rings. The number of thiazole rings is 1. The van der Waals surface area contributed by atoms with Crippen LogP contribution in [0.5, 0.6) is 0 Å². The summed E-state index contributed by atoms with van der Waals surface area (Å²) < 4.78 is 0. The molecule has 1 aromatic carbocycles. The summed E-state index contributed by atoms with van der Waals surface area (Å²) in [5, 5.41) is 11.4. The van der Waals surface area contributed by atoms with Crippen LogP contribution in [0.4, 0.5) is 9.93 Å². The standard InChI is InChI=1S/C13H14N2O2S/c1-3-15(13(16)17)12-14-9(2)11(18-12)10-7-5-4-6-8-10/h4-8H,3H2,1-2H3,(H,16,17)/p-1. The van der Waals surface area contributed by atoms with Gasteiger partial charge in [-0.05, 0) is 19.4 Å². The van der Waals surface area contributed by atoms with Crippen LogP contribution in [0.3, 0.4) is 0 Å². The minimum absolute atomic E-state index is 0.337. The fourth-order valence-electron chi connectivity index (χ4n) is 1.70. The summed E-state index contributed by atoms with van der Waals surface area (Å²) >= 11 is 1.37. The van der Waals surface area contributed by atoms with E-state index in [0.717, 1.165) is 21.0 Å². The molecule has 0 unspecified atom stereocenters. The van der Waals surface area contributed by atoms with Gasteiger partial charge >= 0.3 is 0 Å². The van der Waals surface area contributed by atoms with Crippen molar-refractivity contribution in [3.8, 4) is 10.4 Å². The number of aromatic nitrogens is 1. The molecule has 1 heterocycles. The second-order valence-electron chi connectivity index (χ2n) is 3.79. The maximum absolute atomic E-state index is 11.0. The van der Waals surface area contributed by atoms with E-state index in [1.807, 2.05) is 37.3 Å².